The van der Waals surface area contributed by atoms with Crippen LogP contribution in [0.4, 0.5) is 0 Å². The second kappa shape index (κ2) is 7.28. The Morgan fingerprint density at radius 1 is 1.00 bits per heavy atom. The van der Waals surface area contributed by atoms with E-state index < -0.39 is 0 Å². The third kappa shape index (κ3) is 4.06. The Hall–Kier alpha value is -1.36. The molecule has 2 aromatic rings. The molecule has 1 aromatic heterocycles. The van der Waals surface area contributed by atoms with Gasteiger partial charge in [0.25, 0.3) is 0 Å². The normalized spacial score (nSPS) is 10.6. The molecule has 0 unspecified atom stereocenters. The lowest BCUT2D eigenvalue weighted by molar-refractivity contribution is 0.187. The topological polar surface area (TPSA) is 30.5 Å². The second-order valence-corrected chi connectivity index (χ2v) is 5.47. The summed E-state index contributed by atoms with van der Waals surface area (Å²) in [7, 11) is 3.43. The van der Waals surface area contributed by atoms with Crippen molar-refractivity contribution in [1.82, 2.24) is 5.32 Å². The molecule has 1 aromatic carbocycles. The van der Waals surface area contributed by atoms with Crippen LogP contribution in [0.1, 0.15) is 15.3 Å². The van der Waals surface area contributed by atoms with E-state index in [1.807, 2.05) is 18.2 Å². The van der Waals surface area contributed by atoms with Gasteiger partial charge in [-0.2, -0.15) is 0 Å². The fraction of sp³-hybridized carbons (Fsp3) is 0.333. The Labute approximate surface area is 118 Å². The smallest absolute Gasteiger partial charge is 0.123 e. The molecule has 0 saturated carbocycles. The molecule has 0 amide bonds. The zero-order valence-corrected chi connectivity index (χ0v) is 12.1. The molecule has 1 N–H and O–H groups in total. The van der Waals surface area contributed by atoms with Crippen molar-refractivity contribution in [1.29, 1.82) is 0 Å². The van der Waals surface area contributed by atoms with E-state index in [0.717, 1.165) is 18.8 Å². The van der Waals surface area contributed by atoms with E-state index in [1.54, 1.807) is 25.6 Å². The molecule has 0 aliphatic heterocycles. The number of benzene rings is 1. The third-order valence-corrected chi connectivity index (χ3v) is 3.87. The van der Waals surface area contributed by atoms with E-state index in [2.05, 4.69) is 23.5 Å². The van der Waals surface area contributed by atoms with E-state index in [0.29, 0.717) is 6.61 Å². The SMILES string of the molecule is COCc1ccc(CNCc2ccccc2OC)s1. The van der Waals surface area contributed by atoms with Crippen LogP contribution in [-0.4, -0.2) is 14.2 Å². The zero-order valence-electron chi connectivity index (χ0n) is 11.3. The summed E-state index contributed by atoms with van der Waals surface area (Å²) in [5.41, 5.74) is 1.18. The van der Waals surface area contributed by atoms with Crippen LogP contribution in [0.5, 0.6) is 5.75 Å². The van der Waals surface area contributed by atoms with Crippen LogP contribution in [0.3, 0.4) is 0 Å². The van der Waals surface area contributed by atoms with Gasteiger partial charge in [0.05, 0.1) is 13.7 Å². The van der Waals surface area contributed by atoms with E-state index in [1.165, 1.54) is 15.3 Å². The van der Waals surface area contributed by atoms with Crippen molar-refractivity contribution in [2.75, 3.05) is 14.2 Å². The Morgan fingerprint density at radius 2 is 1.79 bits per heavy atom. The number of hydrogen-bond acceptors (Lipinski definition) is 4. The molecule has 2 rings (SSSR count). The summed E-state index contributed by atoms with van der Waals surface area (Å²) in [6, 6.07) is 12.3. The minimum Gasteiger partial charge on any atom is -0.496 e. The highest BCUT2D eigenvalue weighted by atomic mass is 32.1. The van der Waals surface area contributed by atoms with Crippen molar-refractivity contribution >= 4 is 11.3 Å². The van der Waals surface area contributed by atoms with E-state index in [-0.39, 0.29) is 0 Å². The maximum absolute atomic E-state index is 5.33. The molecule has 0 spiro atoms. The van der Waals surface area contributed by atoms with Crippen LogP contribution in [0.25, 0.3) is 0 Å². The van der Waals surface area contributed by atoms with Crippen LogP contribution >= 0.6 is 11.3 Å². The monoisotopic (exact) mass is 277 g/mol. The van der Waals surface area contributed by atoms with Crippen molar-refractivity contribution < 1.29 is 9.47 Å². The summed E-state index contributed by atoms with van der Waals surface area (Å²) >= 11 is 1.78. The first kappa shape index (κ1) is 14.1. The molecule has 4 heteroatoms. The maximum Gasteiger partial charge on any atom is 0.123 e. The Bertz CT molecular complexity index is 510. The summed E-state index contributed by atoms with van der Waals surface area (Å²) < 4.78 is 10.4. The minimum atomic E-state index is 0.692. The molecule has 102 valence electrons. The number of methoxy groups -OCH3 is 2. The van der Waals surface area contributed by atoms with Gasteiger partial charge in [-0.05, 0) is 18.2 Å². The van der Waals surface area contributed by atoms with Gasteiger partial charge in [-0.25, -0.2) is 0 Å². The highest BCUT2D eigenvalue weighted by molar-refractivity contribution is 7.11. The third-order valence-electron chi connectivity index (χ3n) is 2.81. The predicted molar refractivity (Wildman–Crippen MR) is 78.6 cm³/mol. The van der Waals surface area contributed by atoms with Gasteiger partial charge in [0, 0.05) is 35.5 Å². The summed E-state index contributed by atoms with van der Waals surface area (Å²) in [6.45, 7) is 2.37. The van der Waals surface area contributed by atoms with E-state index in [4.69, 9.17) is 9.47 Å². The average molecular weight is 277 g/mol. The van der Waals surface area contributed by atoms with Gasteiger partial charge in [0.15, 0.2) is 0 Å². The number of hydrogen-bond donors (Lipinski definition) is 1. The summed E-state index contributed by atoms with van der Waals surface area (Å²) in [5, 5.41) is 3.44. The van der Waals surface area contributed by atoms with Gasteiger partial charge in [0.2, 0.25) is 0 Å². The first-order valence-corrected chi connectivity index (χ1v) is 7.04. The number of para-hydroxylation sites is 1. The standard InChI is InChI=1S/C15H19NO2S/c1-17-11-14-8-7-13(19-14)10-16-9-12-5-3-4-6-15(12)18-2/h3-8,16H,9-11H2,1-2H3. The second-order valence-electron chi connectivity index (χ2n) is 4.22. The van der Waals surface area contributed by atoms with Crippen LogP contribution in [0.15, 0.2) is 36.4 Å². The van der Waals surface area contributed by atoms with Crippen LogP contribution in [-0.2, 0) is 24.4 Å². The zero-order chi connectivity index (χ0) is 13.5. The number of nitrogens with one attached hydrogen (secondary N) is 1. The van der Waals surface area contributed by atoms with Crippen molar-refractivity contribution in [3.8, 4) is 5.75 Å². The lowest BCUT2D eigenvalue weighted by Gasteiger charge is -2.08. The molecule has 0 fully saturated rings. The molecule has 19 heavy (non-hydrogen) atoms. The molecule has 0 aliphatic carbocycles. The fourth-order valence-electron chi connectivity index (χ4n) is 1.91. The van der Waals surface area contributed by atoms with Gasteiger partial charge in [-0.3, -0.25) is 0 Å². The van der Waals surface area contributed by atoms with Gasteiger partial charge < -0.3 is 14.8 Å². The predicted octanol–water partition coefficient (Wildman–Crippen LogP) is 3.19. The summed E-state index contributed by atoms with van der Waals surface area (Å²) in [5.74, 6) is 0.932. The van der Waals surface area contributed by atoms with Crippen molar-refractivity contribution in [2.45, 2.75) is 19.7 Å². The molecule has 3 nitrogen and oxygen atoms in total. The van der Waals surface area contributed by atoms with Gasteiger partial charge in [-0.1, -0.05) is 18.2 Å². The lowest BCUT2D eigenvalue weighted by Crippen LogP contribution is -2.12. The average Bonchev–Trinajstić information content (AvgIpc) is 2.87. The lowest BCUT2D eigenvalue weighted by atomic mass is 10.2. The number of thiophene rings is 1. The van der Waals surface area contributed by atoms with E-state index >= 15 is 0 Å². The van der Waals surface area contributed by atoms with Crippen molar-refractivity contribution in [3.05, 3.63) is 51.7 Å². The van der Waals surface area contributed by atoms with Crippen molar-refractivity contribution in [3.63, 3.8) is 0 Å². The first-order chi connectivity index (χ1) is 9.33. The molecular weight excluding hydrogens is 258 g/mol. The quantitative estimate of drug-likeness (QED) is 0.843. The van der Waals surface area contributed by atoms with Crippen molar-refractivity contribution in [2.24, 2.45) is 0 Å². The first-order valence-electron chi connectivity index (χ1n) is 6.22. The number of rotatable bonds is 7. The van der Waals surface area contributed by atoms with Gasteiger partial charge >= 0.3 is 0 Å². The largest absolute Gasteiger partial charge is 0.496 e. The summed E-state index contributed by atoms with van der Waals surface area (Å²) in [4.78, 5) is 2.58. The summed E-state index contributed by atoms with van der Waals surface area (Å²) in [6.07, 6.45) is 0. The minimum absolute atomic E-state index is 0.692. The Morgan fingerprint density at radius 3 is 2.58 bits per heavy atom. The molecule has 0 radical (unpaired) electrons. The number of ether oxygens (including phenoxy) is 2. The van der Waals surface area contributed by atoms with Gasteiger partial charge in [0.1, 0.15) is 5.75 Å². The maximum atomic E-state index is 5.33. The molecule has 0 aliphatic rings. The van der Waals surface area contributed by atoms with Gasteiger partial charge in [-0.15, -0.1) is 11.3 Å². The molecule has 0 saturated heterocycles. The Balaban J connectivity index is 1.85. The van der Waals surface area contributed by atoms with Crippen LogP contribution in [0, 0.1) is 0 Å². The van der Waals surface area contributed by atoms with Crippen LogP contribution < -0.4 is 10.1 Å². The van der Waals surface area contributed by atoms with E-state index in [9.17, 15) is 0 Å². The highest BCUT2D eigenvalue weighted by Crippen LogP contribution is 2.19. The molecule has 1 heterocycles. The Kier molecular flexibility index (Phi) is 5.39. The molecular formula is C15H19NO2S. The molecule has 0 bridgehead atoms. The molecule has 0 atom stereocenters. The fourth-order valence-corrected chi connectivity index (χ4v) is 2.87. The van der Waals surface area contributed by atoms with Crippen LogP contribution in [0.2, 0.25) is 0 Å². The highest BCUT2D eigenvalue weighted by Gasteiger charge is 2.02.